The van der Waals surface area contributed by atoms with Gasteiger partial charge < -0.3 is 14.8 Å². The van der Waals surface area contributed by atoms with Gasteiger partial charge in [0.15, 0.2) is 15.7 Å². The molecule has 4 aromatic rings. The molecule has 1 aliphatic heterocycles. The number of hydrogen-bond acceptors (Lipinski definition) is 8. The van der Waals surface area contributed by atoms with Gasteiger partial charge in [0.1, 0.15) is 23.3 Å². The maximum Gasteiger partial charge on any atom is 0.225 e. The summed E-state index contributed by atoms with van der Waals surface area (Å²) in [5.74, 6) is -1.86. The van der Waals surface area contributed by atoms with Gasteiger partial charge in [0.25, 0.3) is 0 Å². The minimum absolute atomic E-state index is 0.0784. The van der Waals surface area contributed by atoms with Crippen LogP contribution in [0.25, 0.3) is 27.8 Å². The van der Waals surface area contributed by atoms with Crippen LogP contribution in [-0.4, -0.2) is 64.9 Å². The van der Waals surface area contributed by atoms with Crippen LogP contribution < -0.4 is 10.2 Å². The van der Waals surface area contributed by atoms with E-state index in [4.69, 9.17) is 4.98 Å². The summed E-state index contributed by atoms with van der Waals surface area (Å²) in [7, 11) is -1.60. The SMILES string of the molecule is CCCS(=O)(=O)Cc1ccc(F)c(-n2cc(-c3cncnc3)c3nc(N(C)C4CCNCC4)ncc32)c1F. The van der Waals surface area contributed by atoms with Crippen molar-refractivity contribution >= 4 is 26.8 Å². The number of nitrogens with zero attached hydrogens (tertiary/aromatic N) is 6. The van der Waals surface area contributed by atoms with Gasteiger partial charge in [-0.25, -0.2) is 37.1 Å². The van der Waals surface area contributed by atoms with Crippen molar-refractivity contribution < 1.29 is 17.2 Å². The molecule has 1 aromatic carbocycles. The molecule has 1 N–H and O–H groups in total. The molecule has 0 amide bonds. The van der Waals surface area contributed by atoms with E-state index < -0.39 is 27.2 Å². The molecule has 0 bridgehead atoms. The molecule has 5 rings (SSSR count). The fourth-order valence-electron chi connectivity index (χ4n) is 4.90. The summed E-state index contributed by atoms with van der Waals surface area (Å²) in [6.45, 7) is 3.55. The second kappa shape index (κ2) is 10.7. The van der Waals surface area contributed by atoms with E-state index in [1.54, 1.807) is 31.7 Å². The Morgan fingerprint density at radius 3 is 2.58 bits per heavy atom. The summed E-state index contributed by atoms with van der Waals surface area (Å²) in [5, 5.41) is 3.35. The average molecular weight is 542 g/mol. The lowest BCUT2D eigenvalue weighted by atomic mass is 10.1. The summed E-state index contributed by atoms with van der Waals surface area (Å²) in [6, 6.07) is 2.53. The first-order chi connectivity index (χ1) is 18.3. The third kappa shape index (κ3) is 5.10. The van der Waals surface area contributed by atoms with Crippen LogP contribution in [0.15, 0.2) is 43.2 Å². The molecule has 0 unspecified atom stereocenters. The van der Waals surface area contributed by atoms with Crippen LogP contribution in [0.5, 0.6) is 0 Å². The fourth-order valence-corrected chi connectivity index (χ4v) is 6.36. The Hall–Kier alpha value is -3.51. The van der Waals surface area contributed by atoms with E-state index in [2.05, 4.69) is 20.3 Å². The van der Waals surface area contributed by atoms with Crippen molar-refractivity contribution in [2.45, 2.75) is 38.0 Å². The van der Waals surface area contributed by atoms with Gasteiger partial charge in [-0.05, 0) is 38.4 Å². The molecule has 200 valence electrons. The number of halogens is 2. The molecule has 1 aliphatic rings. The number of benzene rings is 1. The number of fused-ring (bicyclic) bond motifs is 1. The number of hydrogen-bond donors (Lipinski definition) is 1. The molecule has 1 saturated heterocycles. The van der Waals surface area contributed by atoms with Crippen molar-refractivity contribution in [1.82, 2.24) is 29.8 Å². The molecule has 0 spiro atoms. The number of piperidine rings is 1. The highest BCUT2D eigenvalue weighted by Crippen LogP contribution is 2.34. The summed E-state index contributed by atoms with van der Waals surface area (Å²) in [5.41, 5.74) is 1.57. The van der Waals surface area contributed by atoms with Crippen LogP contribution >= 0.6 is 0 Å². The van der Waals surface area contributed by atoms with Gasteiger partial charge in [0.2, 0.25) is 5.95 Å². The van der Waals surface area contributed by atoms with Crippen molar-refractivity contribution in [3.63, 3.8) is 0 Å². The third-order valence-electron chi connectivity index (χ3n) is 6.85. The van der Waals surface area contributed by atoms with Crippen LogP contribution in [0.3, 0.4) is 0 Å². The molecule has 1 fully saturated rings. The third-order valence-corrected chi connectivity index (χ3v) is 8.63. The quantitative estimate of drug-likeness (QED) is 0.360. The summed E-state index contributed by atoms with van der Waals surface area (Å²) < 4.78 is 57.1. The maximum atomic E-state index is 15.8. The lowest BCUT2D eigenvalue weighted by Crippen LogP contribution is -2.41. The van der Waals surface area contributed by atoms with Gasteiger partial charge in [0, 0.05) is 48.4 Å². The van der Waals surface area contributed by atoms with Crippen molar-refractivity contribution in [3.8, 4) is 16.8 Å². The summed E-state index contributed by atoms with van der Waals surface area (Å²) in [4.78, 5) is 19.6. The normalized spacial score (nSPS) is 14.7. The fraction of sp³-hybridized carbons (Fsp3) is 0.385. The lowest BCUT2D eigenvalue weighted by Gasteiger charge is -2.31. The first-order valence-electron chi connectivity index (χ1n) is 12.5. The zero-order valence-electron chi connectivity index (χ0n) is 21.2. The molecule has 4 heterocycles. The average Bonchev–Trinajstić information content (AvgIpc) is 3.29. The second-order valence-electron chi connectivity index (χ2n) is 9.50. The molecule has 0 radical (unpaired) electrons. The lowest BCUT2D eigenvalue weighted by molar-refractivity contribution is 0.440. The summed E-state index contributed by atoms with van der Waals surface area (Å²) >= 11 is 0. The van der Waals surface area contributed by atoms with Crippen LogP contribution in [0.2, 0.25) is 0 Å². The number of sulfone groups is 1. The molecule has 0 atom stereocenters. The predicted molar refractivity (Wildman–Crippen MR) is 142 cm³/mol. The van der Waals surface area contributed by atoms with Crippen LogP contribution in [0.4, 0.5) is 14.7 Å². The molecule has 3 aromatic heterocycles. The Kier molecular flexibility index (Phi) is 7.35. The molecule has 38 heavy (non-hydrogen) atoms. The second-order valence-corrected chi connectivity index (χ2v) is 11.7. The highest BCUT2D eigenvalue weighted by atomic mass is 32.2. The maximum absolute atomic E-state index is 15.8. The first-order valence-corrected chi connectivity index (χ1v) is 14.4. The topological polar surface area (TPSA) is 106 Å². The summed E-state index contributed by atoms with van der Waals surface area (Å²) in [6.07, 6.45) is 10.0. The van der Waals surface area contributed by atoms with E-state index in [1.807, 2.05) is 11.9 Å². The minimum atomic E-state index is -3.55. The van der Waals surface area contributed by atoms with Gasteiger partial charge in [-0.15, -0.1) is 0 Å². The van der Waals surface area contributed by atoms with Gasteiger partial charge in [-0.1, -0.05) is 13.0 Å². The molecule has 9 nitrogen and oxygen atoms in total. The molecule has 0 saturated carbocycles. The highest BCUT2D eigenvalue weighted by molar-refractivity contribution is 7.90. The Bertz CT molecular complexity index is 1560. The Labute approximate surface area is 219 Å². The van der Waals surface area contributed by atoms with Gasteiger partial charge in [-0.3, -0.25) is 0 Å². The van der Waals surface area contributed by atoms with Crippen molar-refractivity contribution in [1.29, 1.82) is 0 Å². The number of rotatable bonds is 8. The van der Waals surface area contributed by atoms with E-state index in [9.17, 15) is 8.42 Å². The number of aromatic nitrogens is 5. The van der Waals surface area contributed by atoms with Crippen LogP contribution in [0.1, 0.15) is 31.7 Å². The van der Waals surface area contributed by atoms with Crippen molar-refractivity contribution in [2.75, 3.05) is 30.8 Å². The zero-order chi connectivity index (χ0) is 26.9. The van der Waals surface area contributed by atoms with E-state index in [1.165, 1.54) is 17.0 Å². The Morgan fingerprint density at radius 2 is 1.87 bits per heavy atom. The number of nitrogens with one attached hydrogen (secondary N) is 1. The van der Waals surface area contributed by atoms with Gasteiger partial charge in [-0.2, -0.15) is 0 Å². The monoisotopic (exact) mass is 541 g/mol. The predicted octanol–water partition coefficient (Wildman–Crippen LogP) is 3.67. The van der Waals surface area contributed by atoms with E-state index in [0.717, 1.165) is 32.0 Å². The number of anilines is 1. The Morgan fingerprint density at radius 1 is 1.13 bits per heavy atom. The standard InChI is InChI=1S/C26H29F2N7O2S/c1-3-10-38(36,37)15-17-4-5-21(27)25(23(17)28)35-14-20(18-11-30-16-31-12-18)24-22(35)13-32-26(33-24)34(2)19-6-8-29-9-7-19/h4-5,11-14,16,19,29H,3,6-10,15H2,1-2H3. The smallest absolute Gasteiger partial charge is 0.225 e. The molecular weight excluding hydrogens is 512 g/mol. The largest absolute Gasteiger partial charge is 0.341 e. The van der Waals surface area contributed by atoms with E-state index in [0.29, 0.717) is 34.5 Å². The minimum Gasteiger partial charge on any atom is -0.341 e. The van der Waals surface area contributed by atoms with E-state index >= 15 is 8.78 Å². The molecule has 12 heteroatoms. The molecular formula is C26H29F2N7O2S. The van der Waals surface area contributed by atoms with Gasteiger partial charge >= 0.3 is 0 Å². The van der Waals surface area contributed by atoms with Crippen LogP contribution in [-0.2, 0) is 15.6 Å². The van der Waals surface area contributed by atoms with E-state index in [-0.39, 0.29) is 23.0 Å². The van der Waals surface area contributed by atoms with Crippen molar-refractivity contribution in [2.24, 2.45) is 0 Å². The van der Waals surface area contributed by atoms with Gasteiger partial charge in [0.05, 0.1) is 23.2 Å². The highest BCUT2D eigenvalue weighted by Gasteiger charge is 2.25. The Balaban J connectivity index is 1.67. The zero-order valence-corrected chi connectivity index (χ0v) is 22.0. The van der Waals surface area contributed by atoms with Crippen molar-refractivity contribution in [3.05, 3.63) is 60.4 Å². The first kappa shape index (κ1) is 26.1. The van der Waals surface area contributed by atoms with Crippen LogP contribution in [0, 0.1) is 11.6 Å². The molecule has 0 aliphatic carbocycles.